The van der Waals surface area contributed by atoms with Crippen molar-refractivity contribution in [2.24, 2.45) is 0 Å². The van der Waals surface area contributed by atoms with Crippen molar-refractivity contribution in [1.82, 2.24) is 15.5 Å². The van der Waals surface area contributed by atoms with Crippen LogP contribution >= 0.6 is 0 Å². The van der Waals surface area contributed by atoms with Gasteiger partial charge >= 0.3 is 11.8 Å². The zero-order chi connectivity index (χ0) is 20.4. The van der Waals surface area contributed by atoms with E-state index in [4.69, 9.17) is 14.0 Å². The first-order chi connectivity index (χ1) is 14.0. The standard InChI is InChI=1S/C20H18N4O5/c1-24-15-7-6-13(9-16(15)28-11-17(24)25)18-22-20(29-23-18)19(26)21-10-12-4-3-5-14(8-12)27-2/h3-9H,10-11H2,1-2H3,(H,21,26). The number of likely N-dealkylation sites (N-methyl/N-ethyl adjacent to an activating group) is 1. The van der Waals surface area contributed by atoms with E-state index in [1.54, 1.807) is 32.4 Å². The third kappa shape index (κ3) is 3.75. The largest absolute Gasteiger partial charge is 0.497 e. The second kappa shape index (κ2) is 7.63. The summed E-state index contributed by atoms with van der Waals surface area (Å²) in [4.78, 5) is 29.7. The summed E-state index contributed by atoms with van der Waals surface area (Å²) < 4.78 is 15.7. The molecule has 0 radical (unpaired) electrons. The van der Waals surface area contributed by atoms with Crippen molar-refractivity contribution >= 4 is 17.5 Å². The summed E-state index contributed by atoms with van der Waals surface area (Å²) in [7, 11) is 3.27. The second-order valence-corrected chi connectivity index (χ2v) is 6.38. The molecule has 1 aromatic heterocycles. The first-order valence-corrected chi connectivity index (χ1v) is 8.84. The number of rotatable bonds is 5. The van der Waals surface area contributed by atoms with Gasteiger partial charge in [0.2, 0.25) is 5.82 Å². The summed E-state index contributed by atoms with van der Waals surface area (Å²) in [6.45, 7) is 0.262. The van der Waals surface area contributed by atoms with Gasteiger partial charge in [0.05, 0.1) is 12.8 Å². The molecule has 9 nitrogen and oxygen atoms in total. The number of nitrogens with zero attached hydrogens (tertiary/aromatic N) is 3. The van der Waals surface area contributed by atoms with Gasteiger partial charge in [-0.15, -0.1) is 0 Å². The van der Waals surface area contributed by atoms with Gasteiger partial charge in [-0.3, -0.25) is 9.59 Å². The quantitative estimate of drug-likeness (QED) is 0.706. The number of benzene rings is 2. The number of carbonyl (C=O) groups excluding carboxylic acids is 2. The lowest BCUT2D eigenvalue weighted by Crippen LogP contribution is -2.35. The molecule has 2 amide bonds. The van der Waals surface area contributed by atoms with E-state index in [1.165, 1.54) is 4.90 Å². The molecule has 0 bridgehead atoms. The number of nitrogens with one attached hydrogen (secondary N) is 1. The predicted octanol–water partition coefficient (Wildman–Crippen LogP) is 2.03. The molecule has 1 aliphatic rings. The van der Waals surface area contributed by atoms with Crippen LogP contribution in [0.15, 0.2) is 47.0 Å². The fourth-order valence-corrected chi connectivity index (χ4v) is 2.89. The first-order valence-electron chi connectivity index (χ1n) is 8.84. The smallest absolute Gasteiger partial charge is 0.316 e. The number of fused-ring (bicyclic) bond motifs is 1. The van der Waals surface area contributed by atoms with E-state index in [9.17, 15) is 9.59 Å². The van der Waals surface area contributed by atoms with Crippen molar-refractivity contribution in [3.05, 3.63) is 53.9 Å². The number of methoxy groups -OCH3 is 1. The van der Waals surface area contributed by atoms with E-state index in [0.717, 1.165) is 5.56 Å². The normalized spacial score (nSPS) is 12.9. The van der Waals surface area contributed by atoms with Gasteiger partial charge < -0.3 is 24.2 Å². The number of ether oxygens (including phenoxy) is 2. The lowest BCUT2D eigenvalue weighted by molar-refractivity contribution is -0.120. The average molecular weight is 394 g/mol. The summed E-state index contributed by atoms with van der Waals surface area (Å²) >= 11 is 0. The van der Waals surface area contributed by atoms with E-state index in [-0.39, 0.29) is 24.2 Å². The van der Waals surface area contributed by atoms with Crippen LogP contribution in [-0.4, -0.2) is 42.7 Å². The molecular weight excluding hydrogens is 376 g/mol. The molecule has 29 heavy (non-hydrogen) atoms. The molecule has 0 aliphatic carbocycles. The maximum absolute atomic E-state index is 12.3. The van der Waals surface area contributed by atoms with Crippen LogP contribution in [0.4, 0.5) is 5.69 Å². The van der Waals surface area contributed by atoms with E-state index in [2.05, 4.69) is 15.5 Å². The molecule has 148 valence electrons. The molecule has 9 heteroatoms. The maximum Gasteiger partial charge on any atom is 0.316 e. The molecular formula is C20H18N4O5. The van der Waals surface area contributed by atoms with Gasteiger partial charge in [-0.1, -0.05) is 17.3 Å². The Balaban J connectivity index is 1.46. The predicted molar refractivity (Wildman–Crippen MR) is 103 cm³/mol. The van der Waals surface area contributed by atoms with E-state index < -0.39 is 5.91 Å². The Hall–Kier alpha value is -3.88. The van der Waals surface area contributed by atoms with Crippen LogP contribution in [0, 0.1) is 0 Å². The van der Waals surface area contributed by atoms with Gasteiger partial charge in [0.1, 0.15) is 11.5 Å². The van der Waals surface area contributed by atoms with Gasteiger partial charge in [-0.05, 0) is 35.9 Å². The third-order valence-electron chi connectivity index (χ3n) is 4.51. The minimum atomic E-state index is -0.480. The third-order valence-corrected chi connectivity index (χ3v) is 4.51. The van der Waals surface area contributed by atoms with Gasteiger partial charge in [-0.25, -0.2) is 0 Å². The zero-order valence-electron chi connectivity index (χ0n) is 15.8. The molecule has 0 unspecified atom stereocenters. The number of amides is 2. The lowest BCUT2D eigenvalue weighted by Gasteiger charge is -2.25. The Morgan fingerprint density at radius 2 is 2.14 bits per heavy atom. The van der Waals surface area contributed by atoms with Crippen LogP contribution in [0.5, 0.6) is 11.5 Å². The highest BCUT2D eigenvalue weighted by Crippen LogP contribution is 2.34. The summed E-state index contributed by atoms with van der Waals surface area (Å²) in [6.07, 6.45) is 0. The van der Waals surface area contributed by atoms with Crippen molar-refractivity contribution in [2.45, 2.75) is 6.54 Å². The number of hydrogen-bond acceptors (Lipinski definition) is 7. The number of aromatic nitrogens is 2. The van der Waals surface area contributed by atoms with E-state index in [0.29, 0.717) is 29.3 Å². The Kier molecular flexibility index (Phi) is 4.86. The molecule has 0 saturated carbocycles. The average Bonchev–Trinajstić information content (AvgIpc) is 3.25. The fourth-order valence-electron chi connectivity index (χ4n) is 2.89. The van der Waals surface area contributed by atoms with Crippen LogP contribution in [0.2, 0.25) is 0 Å². The topological polar surface area (TPSA) is 107 Å². The highest BCUT2D eigenvalue weighted by molar-refractivity contribution is 5.97. The van der Waals surface area contributed by atoms with E-state index in [1.807, 2.05) is 24.3 Å². The van der Waals surface area contributed by atoms with Crippen molar-refractivity contribution in [3.63, 3.8) is 0 Å². The SMILES string of the molecule is COc1cccc(CNC(=O)c2nc(-c3ccc4c(c3)OCC(=O)N4C)no2)c1. The van der Waals surface area contributed by atoms with Crippen LogP contribution in [0.3, 0.4) is 0 Å². The maximum atomic E-state index is 12.3. The second-order valence-electron chi connectivity index (χ2n) is 6.38. The Morgan fingerprint density at radius 1 is 1.28 bits per heavy atom. The number of carbonyl (C=O) groups is 2. The lowest BCUT2D eigenvalue weighted by atomic mass is 10.1. The molecule has 4 rings (SSSR count). The number of anilines is 1. The first kappa shape index (κ1) is 18.5. The summed E-state index contributed by atoms with van der Waals surface area (Å²) in [5.41, 5.74) is 2.15. The van der Waals surface area contributed by atoms with Crippen LogP contribution in [-0.2, 0) is 11.3 Å². The zero-order valence-corrected chi connectivity index (χ0v) is 15.8. The Morgan fingerprint density at radius 3 is 2.97 bits per heavy atom. The summed E-state index contributed by atoms with van der Waals surface area (Å²) in [5.74, 6) is 0.749. The molecule has 0 spiro atoms. The minimum Gasteiger partial charge on any atom is -0.497 e. The van der Waals surface area contributed by atoms with Crippen molar-refractivity contribution in [3.8, 4) is 22.9 Å². The van der Waals surface area contributed by atoms with Crippen LogP contribution < -0.4 is 19.7 Å². The molecule has 0 atom stereocenters. The van der Waals surface area contributed by atoms with Crippen molar-refractivity contribution in [1.29, 1.82) is 0 Å². The van der Waals surface area contributed by atoms with Gasteiger partial charge in [0.25, 0.3) is 5.91 Å². The van der Waals surface area contributed by atoms with Gasteiger partial charge in [0, 0.05) is 19.2 Å². The van der Waals surface area contributed by atoms with Crippen LogP contribution in [0.25, 0.3) is 11.4 Å². The Bertz CT molecular complexity index is 1080. The van der Waals surface area contributed by atoms with Crippen molar-refractivity contribution in [2.75, 3.05) is 25.7 Å². The van der Waals surface area contributed by atoms with Crippen LogP contribution in [0.1, 0.15) is 16.2 Å². The molecule has 2 heterocycles. The van der Waals surface area contributed by atoms with Gasteiger partial charge in [0.15, 0.2) is 6.61 Å². The van der Waals surface area contributed by atoms with E-state index >= 15 is 0 Å². The molecule has 3 aromatic rings. The Labute approximate surface area is 166 Å². The molecule has 2 aromatic carbocycles. The number of hydrogen-bond donors (Lipinski definition) is 1. The van der Waals surface area contributed by atoms with Crippen molar-refractivity contribution < 1.29 is 23.6 Å². The van der Waals surface area contributed by atoms with Gasteiger partial charge in [-0.2, -0.15) is 4.98 Å². The molecule has 1 aliphatic heterocycles. The monoisotopic (exact) mass is 394 g/mol. The summed E-state index contributed by atoms with van der Waals surface area (Å²) in [6, 6.07) is 12.5. The summed E-state index contributed by atoms with van der Waals surface area (Å²) in [5, 5.41) is 6.60. The molecule has 0 fully saturated rings. The highest BCUT2D eigenvalue weighted by Gasteiger charge is 2.23. The molecule has 0 saturated heterocycles. The molecule has 1 N–H and O–H groups in total. The minimum absolute atomic E-state index is 0.0306. The highest BCUT2D eigenvalue weighted by atomic mass is 16.5. The fraction of sp³-hybridized carbons (Fsp3) is 0.200.